The summed E-state index contributed by atoms with van der Waals surface area (Å²) < 4.78 is 43.8. The maximum Gasteiger partial charge on any atom is 0.428 e. The van der Waals surface area contributed by atoms with Crippen LogP contribution in [-0.4, -0.2) is 18.0 Å². The summed E-state index contributed by atoms with van der Waals surface area (Å²) in [6.45, 7) is 3.15. The number of amides is 2. The maximum absolute atomic E-state index is 14.6. The van der Waals surface area contributed by atoms with Crippen LogP contribution in [-0.2, 0) is 10.4 Å². The lowest BCUT2D eigenvalue weighted by molar-refractivity contribution is -0.269. The van der Waals surface area contributed by atoms with Gasteiger partial charge in [-0.15, -0.1) is 0 Å². The van der Waals surface area contributed by atoms with E-state index in [9.17, 15) is 28.0 Å². The number of hydroxylamine groups is 1. The summed E-state index contributed by atoms with van der Waals surface area (Å²) in [4.78, 5) is 31.2. The zero-order valence-corrected chi connectivity index (χ0v) is 24.1. The van der Waals surface area contributed by atoms with E-state index in [-0.39, 0.29) is 28.1 Å². The van der Waals surface area contributed by atoms with Gasteiger partial charge in [-0.2, -0.15) is 18.4 Å². The Bertz CT molecular complexity index is 1810. The third-order valence-electron chi connectivity index (χ3n) is 7.13. The summed E-state index contributed by atoms with van der Waals surface area (Å²) in [7, 11) is 0. The van der Waals surface area contributed by atoms with Crippen molar-refractivity contribution >= 4 is 40.5 Å². The highest BCUT2D eigenvalue weighted by molar-refractivity contribution is 6.30. The van der Waals surface area contributed by atoms with Crippen LogP contribution in [0.15, 0.2) is 91.0 Å². The molecule has 2 amide bonds. The number of carbonyl (C=O) groups is 2. The Kier molecular flexibility index (Phi) is 8.19. The molecule has 44 heavy (non-hydrogen) atoms. The van der Waals surface area contributed by atoms with Gasteiger partial charge in [-0.05, 0) is 79.1 Å². The van der Waals surface area contributed by atoms with E-state index >= 15 is 0 Å². The van der Waals surface area contributed by atoms with Crippen LogP contribution in [0, 0.1) is 25.2 Å². The molecular weight excluding hydrogens is 593 g/mol. The molecular formula is C33H24ClF3N4O3. The number of rotatable bonds is 6. The van der Waals surface area contributed by atoms with E-state index < -0.39 is 23.6 Å². The van der Waals surface area contributed by atoms with Gasteiger partial charge in [0.2, 0.25) is 5.60 Å². The fourth-order valence-corrected chi connectivity index (χ4v) is 4.97. The summed E-state index contributed by atoms with van der Waals surface area (Å²) in [6.07, 6.45) is -3.86. The Hall–Kier alpha value is -5.11. The molecule has 4 aromatic carbocycles. The molecule has 1 aliphatic heterocycles. The van der Waals surface area contributed by atoms with Gasteiger partial charge in [0.1, 0.15) is 6.07 Å². The number of carbonyl (C=O) groups excluding carboxylic acids is 2. The van der Waals surface area contributed by atoms with Gasteiger partial charge in [0.25, 0.3) is 11.8 Å². The summed E-state index contributed by atoms with van der Waals surface area (Å²) in [6, 6.07) is 23.4. The fraction of sp³-hybridized carbons (Fsp3) is 0.121. The van der Waals surface area contributed by atoms with Crippen molar-refractivity contribution in [2.45, 2.75) is 25.6 Å². The molecule has 7 nitrogen and oxygen atoms in total. The zero-order valence-electron chi connectivity index (χ0n) is 23.3. The molecule has 0 aliphatic carbocycles. The van der Waals surface area contributed by atoms with Crippen LogP contribution < -0.4 is 16.1 Å². The quantitative estimate of drug-likeness (QED) is 0.206. The van der Waals surface area contributed by atoms with Gasteiger partial charge in [-0.3, -0.25) is 19.9 Å². The first kappa shape index (κ1) is 30.4. The van der Waals surface area contributed by atoms with Crippen LogP contribution >= 0.6 is 11.6 Å². The van der Waals surface area contributed by atoms with Crippen molar-refractivity contribution < 1.29 is 27.6 Å². The van der Waals surface area contributed by atoms with E-state index in [1.807, 2.05) is 6.07 Å². The second-order valence-corrected chi connectivity index (χ2v) is 10.6. The number of nitrogens with zero attached hydrogens (tertiary/aromatic N) is 1. The lowest BCUT2D eigenvalue weighted by Gasteiger charge is -2.29. The molecule has 1 atom stereocenters. The van der Waals surface area contributed by atoms with Crippen LogP contribution in [0.1, 0.15) is 48.5 Å². The van der Waals surface area contributed by atoms with E-state index in [2.05, 4.69) is 16.1 Å². The van der Waals surface area contributed by atoms with Gasteiger partial charge in [0.05, 0.1) is 16.9 Å². The average molecular weight is 617 g/mol. The van der Waals surface area contributed by atoms with Crippen molar-refractivity contribution in [1.82, 2.24) is 5.48 Å². The topological polar surface area (TPSA) is 103 Å². The molecule has 5 rings (SSSR count). The lowest BCUT2D eigenvalue weighted by atomic mass is 9.88. The third-order valence-corrected chi connectivity index (χ3v) is 7.38. The SMILES string of the molecule is Cc1cc(C2(C(F)(F)F)C=C(c3ccc(Cl)cc3)NO2)cc(C)c1NC(=O)c1ccc(C#N)c(NC(=O)c2ccccc2)c1. The molecule has 0 bridgehead atoms. The molecule has 11 heteroatoms. The van der Waals surface area contributed by atoms with Crippen LogP contribution in [0.25, 0.3) is 5.70 Å². The molecule has 0 fully saturated rings. The first-order valence-corrected chi connectivity index (χ1v) is 13.6. The number of aryl methyl sites for hydroxylation is 2. The largest absolute Gasteiger partial charge is 0.428 e. The third kappa shape index (κ3) is 5.88. The molecule has 1 heterocycles. The first-order valence-electron chi connectivity index (χ1n) is 13.2. The predicted octanol–water partition coefficient (Wildman–Crippen LogP) is 7.67. The van der Waals surface area contributed by atoms with Gasteiger partial charge < -0.3 is 10.6 Å². The number of halogens is 4. The summed E-state index contributed by atoms with van der Waals surface area (Å²) in [5, 5.41) is 15.4. The van der Waals surface area contributed by atoms with Crippen molar-refractivity contribution in [3.8, 4) is 6.07 Å². The fourth-order valence-electron chi connectivity index (χ4n) is 4.85. The highest BCUT2D eigenvalue weighted by atomic mass is 35.5. The van der Waals surface area contributed by atoms with E-state index in [1.165, 1.54) is 30.3 Å². The Labute approximate surface area is 255 Å². The van der Waals surface area contributed by atoms with Crippen molar-refractivity contribution in [3.05, 3.63) is 135 Å². The summed E-state index contributed by atoms with van der Waals surface area (Å²) >= 11 is 5.92. The van der Waals surface area contributed by atoms with Crippen molar-refractivity contribution in [2.75, 3.05) is 10.6 Å². The highest BCUT2D eigenvalue weighted by Gasteiger charge is 2.59. The van der Waals surface area contributed by atoms with E-state index in [0.29, 0.717) is 33.0 Å². The van der Waals surface area contributed by atoms with E-state index in [4.69, 9.17) is 16.4 Å². The van der Waals surface area contributed by atoms with E-state index in [0.717, 1.165) is 6.08 Å². The Morgan fingerprint density at radius 2 is 1.52 bits per heavy atom. The van der Waals surface area contributed by atoms with Crippen molar-refractivity contribution in [2.24, 2.45) is 0 Å². The molecule has 222 valence electrons. The van der Waals surface area contributed by atoms with Gasteiger partial charge in [0, 0.05) is 27.4 Å². The van der Waals surface area contributed by atoms with Crippen LogP contribution in [0.2, 0.25) is 5.02 Å². The minimum atomic E-state index is -4.83. The molecule has 4 aromatic rings. The molecule has 1 unspecified atom stereocenters. The molecule has 0 aromatic heterocycles. The summed E-state index contributed by atoms with van der Waals surface area (Å²) in [5.74, 6) is -1.05. The second-order valence-electron chi connectivity index (χ2n) is 10.1. The van der Waals surface area contributed by atoms with Gasteiger partial charge in [-0.25, -0.2) is 0 Å². The van der Waals surface area contributed by atoms with Crippen LogP contribution in [0.5, 0.6) is 0 Å². The monoisotopic (exact) mass is 616 g/mol. The van der Waals surface area contributed by atoms with Crippen LogP contribution in [0.3, 0.4) is 0 Å². The van der Waals surface area contributed by atoms with Gasteiger partial charge >= 0.3 is 6.18 Å². The van der Waals surface area contributed by atoms with Gasteiger partial charge in [-0.1, -0.05) is 54.1 Å². The lowest BCUT2D eigenvalue weighted by Crippen LogP contribution is -2.42. The smallest absolute Gasteiger partial charge is 0.322 e. The first-order chi connectivity index (χ1) is 20.9. The van der Waals surface area contributed by atoms with Crippen molar-refractivity contribution in [3.63, 3.8) is 0 Å². The Morgan fingerprint density at radius 3 is 2.14 bits per heavy atom. The summed E-state index contributed by atoms with van der Waals surface area (Å²) in [5.41, 5.74) is 1.83. The number of nitriles is 1. The van der Waals surface area contributed by atoms with Crippen LogP contribution in [0.4, 0.5) is 24.5 Å². The number of benzene rings is 4. The number of alkyl halides is 3. The second kappa shape index (κ2) is 11.9. The maximum atomic E-state index is 14.6. The van der Waals surface area contributed by atoms with E-state index in [1.54, 1.807) is 68.4 Å². The zero-order chi connectivity index (χ0) is 31.6. The molecule has 0 spiro atoms. The minimum Gasteiger partial charge on any atom is -0.322 e. The molecule has 0 saturated heterocycles. The molecule has 3 N–H and O–H groups in total. The Morgan fingerprint density at radius 1 is 0.886 bits per heavy atom. The normalized spacial score (nSPS) is 16.0. The van der Waals surface area contributed by atoms with Gasteiger partial charge in [0.15, 0.2) is 0 Å². The standard InChI is InChI=1S/C33H24ClF3N4O3/c1-19-14-25(32(33(35,36)37)17-28(41-44-32)21-10-12-26(34)13-11-21)15-20(2)29(19)40-31(43)23-8-9-24(18-38)27(16-23)39-30(42)22-6-4-3-5-7-22/h3-17,41H,1-2H3,(H,39,42)(H,40,43). The predicted molar refractivity (Wildman–Crippen MR) is 161 cm³/mol. The number of hydrogen-bond acceptors (Lipinski definition) is 5. The number of nitrogens with one attached hydrogen (secondary N) is 3. The molecule has 0 radical (unpaired) electrons. The average Bonchev–Trinajstić information content (AvgIpc) is 3.47. The molecule has 0 saturated carbocycles. The number of hydrogen-bond donors (Lipinski definition) is 3. The van der Waals surface area contributed by atoms with Crippen molar-refractivity contribution in [1.29, 1.82) is 5.26 Å². The minimum absolute atomic E-state index is 0.126. The Balaban J connectivity index is 1.43. The highest BCUT2D eigenvalue weighted by Crippen LogP contribution is 2.48. The number of anilines is 2. The molecule has 1 aliphatic rings.